The summed E-state index contributed by atoms with van der Waals surface area (Å²) in [5.74, 6) is -0.326. The number of halogens is 1. The molecule has 6 heteroatoms. The van der Waals surface area contributed by atoms with E-state index in [1.165, 1.54) is 12.1 Å². The molecule has 1 unspecified atom stereocenters. The highest BCUT2D eigenvalue weighted by Gasteiger charge is 2.19. The van der Waals surface area contributed by atoms with Crippen LogP contribution in [0, 0.1) is 5.82 Å². The second kappa shape index (κ2) is 7.17. The molecule has 0 radical (unpaired) electrons. The first-order chi connectivity index (χ1) is 10.7. The molecule has 0 bridgehead atoms. The Balaban J connectivity index is 2.02. The SMILES string of the molecule is CN1CCCC(Nc2cc(NC(=O)OC(C)(C)C)ccc2F)C1. The van der Waals surface area contributed by atoms with Gasteiger partial charge in [0.1, 0.15) is 11.4 Å². The van der Waals surface area contributed by atoms with Gasteiger partial charge in [0.15, 0.2) is 0 Å². The number of hydrogen-bond donors (Lipinski definition) is 2. The summed E-state index contributed by atoms with van der Waals surface area (Å²) < 4.78 is 19.2. The molecule has 1 aliphatic rings. The van der Waals surface area contributed by atoms with Gasteiger partial charge in [0.25, 0.3) is 0 Å². The minimum absolute atomic E-state index is 0.208. The maximum absolute atomic E-state index is 14.0. The molecule has 0 aromatic heterocycles. The largest absolute Gasteiger partial charge is 0.444 e. The molecular weight excluding hydrogens is 297 g/mol. The third-order valence-corrected chi connectivity index (χ3v) is 3.60. The normalized spacial score (nSPS) is 19.3. The van der Waals surface area contributed by atoms with Crippen molar-refractivity contribution < 1.29 is 13.9 Å². The van der Waals surface area contributed by atoms with Crippen molar-refractivity contribution in [2.45, 2.75) is 45.3 Å². The van der Waals surface area contributed by atoms with E-state index in [2.05, 4.69) is 22.6 Å². The van der Waals surface area contributed by atoms with Gasteiger partial charge in [-0.15, -0.1) is 0 Å². The third-order valence-electron chi connectivity index (χ3n) is 3.60. The van der Waals surface area contributed by atoms with Crippen LogP contribution >= 0.6 is 0 Å². The monoisotopic (exact) mass is 323 g/mol. The Kier molecular flexibility index (Phi) is 5.46. The molecule has 0 saturated carbocycles. The molecule has 2 rings (SSSR count). The molecule has 1 atom stereocenters. The molecule has 1 heterocycles. The van der Waals surface area contributed by atoms with Gasteiger partial charge in [0.05, 0.1) is 5.69 Å². The Morgan fingerprint density at radius 3 is 2.78 bits per heavy atom. The van der Waals surface area contributed by atoms with Crippen molar-refractivity contribution in [3.05, 3.63) is 24.0 Å². The highest BCUT2D eigenvalue weighted by Crippen LogP contribution is 2.23. The maximum atomic E-state index is 14.0. The number of amides is 1. The average Bonchev–Trinajstić information content (AvgIpc) is 2.40. The van der Waals surface area contributed by atoms with E-state index in [1.54, 1.807) is 26.8 Å². The second-order valence-corrected chi connectivity index (χ2v) is 7.07. The number of carbonyl (C=O) groups excluding carboxylic acids is 1. The predicted molar refractivity (Wildman–Crippen MR) is 90.4 cm³/mol. The number of hydrogen-bond acceptors (Lipinski definition) is 4. The smallest absolute Gasteiger partial charge is 0.412 e. The molecule has 1 saturated heterocycles. The van der Waals surface area contributed by atoms with Crippen LogP contribution in [0.2, 0.25) is 0 Å². The van der Waals surface area contributed by atoms with Crippen LogP contribution < -0.4 is 10.6 Å². The van der Waals surface area contributed by atoms with Crippen LogP contribution in [0.1, 0.15) is 33.6 Å². The van der Waals surface area contributed by atoms with E-state index in [0.29, 0.717) is 11.4 Å². The summed E-state index contributed by atoms with van der Waals surface area (Å²) in [6, 6.07) is 4.69. The number of carbonyl (C=O) groups is 1. The van der Waals surface area contributed by atoms with Crippen molar-refractivity contribution in [1.82, 2.24) is 4.90 Å². The van der Waals surface area contributed by atoms with Gasteiger partial charge in [-0.05, 0) is 65.4 Å². The predicted octanol–water partition coefficient (Wildman–Crippen LogP) is 3.68. The van der Waals surface area contributed by atoms with Gasteiger partial charge in [-0.1, -0.05) is 0 Å². The van der Waals surface area contributed by atoms with Crippen LogP contribution in [-0.2, 0) is 4.74 Å². The number of likely N-dealkylation sites (N-methyl/N-ethyl adjacent to an activating group) is 1. The van der Waals surface area contributed by atoms with E-state index in [0.717, 1.165) is 25.9 Å². The van der Waals surface area contributed by atoms with Crippen molar-refractivity contribution in [3.63, 3.8) is 0 Å². The Bertz CT molecular complexity index is 557. The van der Waals surface area contributed by atoms with Gasteiger partial charge in [0, 0.05) is 18.3 Å². The number of nitrogens with zero attached hydrogens (tertiary/aromatic N) is 1. The lowest BCUT2D eigenvalue weighted by Gasteiger charge is -2.31. The first kappa shape index (κ1) is 17.5. The van der Waals surface area contributed by atoms with E-state index >= 15 is 0 Å². The van der Waals surface area contributed by atoms with Crippen molar-refractivity contribution in [2.24, 2.45) is 0 Å². The molecule has 1 aromatic rings. The van der Waals surface area contributed by atoms with Gasteiger partial charge < -0.3 is 15.0 Å². The fourth-order valence-corrected chi connectivity index (χ4v) is 2.64. The van der Waals surface area contributed by atoms with Crippen LogP contribution in [0.15, 0.2) is 18.2 Å². The van der Waals surface area contributed by atoms with E-state index in [4.69, 9.17) is 4.74 Å². The number of benzene rings is 1. The van der Waals surface area contributed by atoms with E-state index in [9.17, 15) is 9.18 Å². The van der Waals surface area contributed by atoms with Gasteiger partial charge in [-0.3, -0.25) is 5.32 Å². The van der Waals surface area contributed by atoms with Gasteiger partial charge in [-0.2, -0.15) is 0 Å². The summed E-state index contributed by atoms with van der Waals surface area (Å²) >= 11 is 0. The Hall–Kier alpha value is -1.82. The Morgan fingerprint density at radius 2 is 2.13 bits per heavy atom. The zero-order valence-corrected chi connectivity index (χ0v) is 14.3. The van der Waals surface area contributed by atoms with Crippen LogP contribution in [0.3, 0.4) is 0 Å². The minimum Gasteiger partial charge on any atom is -0.444 e. The number of ether oxygens (including phenoxy) is 1. The van der Waals surface area contributed by atoms with Gasteiger partial charge in [0.2, 0.25) is 0 Å². The summed E-state index contributed by atoms with van der Waals surface area (Å²) in [5, 5.41) is 5.87. The standard InChI is InChI=1S/C17H26FN3O2/c1-17(2,3)23-16(22)20-12-7-8-14(18)15(10-12)19-13-6-5-9-21(4)11-13/h7-8,10,13,19H,5-6,9,11H2,1-4H3,(H,20,22). The minimum atomic E-state index is -0.572. The molecule has 0 spiro atoms. The number of anilines is 2. The lowest BCUT2D eigenvalue weighted by molar-refractivity contribution is 0.0636. The zero-order chi connectivity index (χ0) is 17.0. The fraction of sp³-hybridized carbons (Fsp3) is 0.588. The van der Waals surface area contributed by atoms with Crippen LogP contribution in [0.5, 0.6) is 0 Å². The Labute approximate surface area is 137 Å². The highest BCUT2D eigenvalue weighted by atomic mass is 19.1. The fourth-order valence-electron chi connectivity index (χ4n) is 2.64. The van der Waals surface area contributed by atoms with Gasteiger partial charge >= 0.3 is 6.09 Å². The number of rotatable bonds is 3. The molecule has 5 nitrogen and oxygen atoms in total. The van der Waals surface area contributed by atoms with Gasteiger partial charge in [-0.25, -0.2) is 9.18 Å². The summed E-state index contributed by atoms with van der Waals surface area (Å²) in [5.41, 5.74) is 0.337. The van der Waals surface area contributed by atoms with Crippen molar-refractivity contribution in [2.75, 3.05) is 30.8 Å². The highest BCUT2D eigenvalue weighted by molar-refractivity contribution is 5.85. The molecule has 1 aromatic carbocycles. The lowest BCUT2D eigenvalue weighted by Crippen LogP contribution is -2.39. The number of likely N-dealkylation sites (tertiary alicyclic amines) is 1. The third kappa shape index (κ3) is 5.71. The molecule has 128 valence electrons. The molecule has 1 aliphatic heterocycles. The quantitative estimate of drug-likeness (QED) is 0.891. The van der Waals surface area contributed by atoms with Crippen LogP contribution in [-0.4, -0.2) is 42.8 Å². The first-order valence-corrected chi connectivity index (χ1v) is 7.97. The molecule has 0 aliphatic carbocycles. The van der Waals surface area contributed by atoms with E-state index in [-0.39, 0.29) is 11.9 Å². The van der Waals surface area contributed by atoms with Crippen molar-refractivity contribution >= 4 is 17.5 Å². The molecular formula is C17H26FN3O2. The zero-order valence-electron chi connectivity index (χ0n) is 14.3. The van der Waals surface area contributed by atoms with Crippen molar-refractivity contribution in [1.29, 1.82) is 0 Å². The summed E-state index contributed by atoms with van der Waals surface area (Å²) in [6.45, 7) is 7.33. The number of nitrogens with one attached hydrogen (secondary N) is 2. The lowest BCUT2D eigenvalue weighted by atomic mass is 10.1. The van der Waals surface area contributed by atoms with E-state index < -0.39 is 11.7 Å². The van der Waals surface area contributed by atoms with Crippen LogP contribution in [0.25, 0.3) is 0 Å². The molecule has 1 fully saturated rings. The second-order valence-electron chi connectivity index (χ2n) is 7.07. The topological polar surface area (TPSA) is 53.6 Å². The molecule has 2 N–H and O–H groups in total. The summed E-state index contributed by atoms with van der Waals surface area (Å²) in [6.07, 6.45) is 1.55. The van der Waals surface area contributed by atoms with E-state index in [1.807, 2.05) is 0 Å². The van der Waals surface area contributed by atoms with Crippen LogP contribution in [0.4, 0.5) is 20.6 Å². The maximum Gasteiger partial charge on any atom is 0.412 e. The first-order valence-electron chi connectivity index (χ1n) is 7.97. The molecule has 23 heavy (non-hydrogen) atoms. The average molecular weight is 323 g/mol. The number of piperidine rings is 1. The summed E-state index contributed by atoms with van der Waals surface area (Å²) in [7, 11) is 2.06. The molecule has 1 amide bonds. The Morgan fingerprint density at radius 1 is 1.39 bits per heavy atom. The van der Waals surface area contributed by atoms with Crippen molar-refractivity contribution in [3.8, 4) is 0 Å². The summed E-state index contributed by atoms with van der Waals surface area (Å²) in [4.78, 5) is 14.0.